The van der Waals surface area contributed by atoms with E-state index in [2.05, 4.69) is 75.4 Å². The SMILES string of the molecule is CCCc1ccc2cc(-c3ccc(C)c(C)c3)ccc2c1. The lowest BCUT2D eigenvalue weighted by Gasteiger charge is -2.08. The summed E-state index contributed by atoms with van der Waals surface area (Å²) in [4.78, 5) is 0. The largest absolute Gasteiger partial charge is 0.0651 e. The van der Waals surface area contributed by atoms with Gasteiger partial charge in [-0.05, 0) is 64.9 Å². The van der Waals surface area contributed by atoms with Gasteiger partial charge in [0.15, 0.2) is 0 Å². The van der Waals surface area contributed by atoms with Crippen LogP contribution in [0.1, 0.15) is 30.0 Å². The normalized spacial score (nSPS) is 11.0. The molecule has 0 fully saturated rings. The van der Waals surface area contributed by atoms with E-state index < -0.39 is 0 Å². The molecule has 0 saturated carbocycles. The first-order valence-corrected chi connectivity index (χ1v) is 7.77. The fraction of sp³-hybridized carbons (Fsp3) is 0.238. The van der Waals surface area contributed by atoms with E-state index in [0.717, 1.165) is 6.42 Å². The van der Waals surface area contributed by atoms with E-state index in [4.69, 9.17) is 0 Å². The van der Waals surface area contributed by atoms with Crippen LogP contribution in [0.25, 0.3) is 21.9 Å². The third-order valence-corrected chi connectivity index (χ3v) is 4.28. The Morgan fingerprint density at radius 2 is 1.33 bits per heavy atom. The predicted molar refractivity (Wildman–Crippen MR) is 92.9 cm³/mol. The van der Waals surface area contributed by atoms with Gasteiger partial charge in [-0.2, -0.15) is 0 Å². The van der Waals surface area contributed by atoms with Crippen molar-refractivity contribution >= 4 is 10.8 Å². The second-order valence-electron chi connectivity index (χ2n) is 5.95. The Labute approximate surface area is 127 Å². The Balaban J connectivity index is 2.04. The molecule has 21 heavy (non-hydrogen) atoms. The first-order chi connectivity index (χ1) is 10.2. The van der Waals surface area contributed by atoms with Gasteiger partial charge in [0.2, 0.25) is 0 Å². The van der Waals surface area contributed by atoms with Crippen molar-refractivity contribution in [1.29, 1.82) is 0 Å². The van der Waals surface area contributed by atoms with Crippen molar-refractivity contribution in [3.05, 3.63) is 71.3 Å². The monoisotopic (exact) mass is 274 g/mol. The van der Waals surface area contributed by atoms with Gasteiger partial charge in [-0.15, -0.1) is 0 Å². The first-order valence-electron chi connectivity index (χ1n) is 7.77. The van der Waals surface area contributed by atoms with Crippen molar-refractivity contribution in [3.8, 4) is 11.1 Å². The van der Waals surface area contributed by atoms with Crippen LogP contribution in [0.5, 0.6) is 0 Å². The number of benzene rings is 3. The number of hydrogen-bond acceptors (Lipinski definition) is 0. The molecule has 0 aliphatic heterocycles. The van der Waals surface area contributed by atoms with E-state index in [0.29, 0.717) is 0 Å². The average molecular weight is 274 g/mol. The van der Waals surface area contributed by atoms with E-state index in [1.54, 1.807) is 0 Å². The van der Waals surface area contributed by atoms with Gasteiger partial charge in [0, 0.05) is 0 Å². The summed E-state index contributed by atoms with van der Waals surface area (Å²) in [6, 6.07) is 20.3. The summed E-state index contributed by atoms with van der Waals surface area (Å²) in [6.07, 6.45) is 2.36. The Kier molecular flexibility index (Phi) is 3.79. The predicted octanol–water partition coefficient (Wildman–Crippen LogP) is 6.08. The van der Waals surface area contributed by atoms with E-state index in [1.807, 2.05) is 0 Å². The zero-order chi connectivity index (χ0) is 14.8. The smallest absolute Gasteiger partial charge is 0.0178 e. The van der Waals surface area contributed by atoms with Gasteiger partial charge in [-0.3, -0.25) is 0 Å². The minimum absolute atomic E-state index is 1.16. The van der Waals surface area contributed by atoms with Crippen molar-refractivity contribution in [2.75, 3.05) is 0 Å². The van der Waals surface area contributed by atoms with Crippen LogP contribution in [-0.2, 0) is 6.42 Å². The van der Waals surface area contributed by atoms with Crippen molar-refractivity contribution in [3.63, 3.8) is 0 Å². The zero-order valence-electron chi connectivity index (χ0n) is 13.1. The maximum Gasteiger partial charge on any atom is -0.0178 e. The van der Waals surface area contributed by atoms with Crippen LogP contribution in [0.2, 0.25) is 0 Å². The van der Waals surface area contributed by atoms with Gasteiger partial charge in [0.25, 0.3) is 0 Å². The molecule has 0 spiro atoms. The molecule has 0 heteroatoms. The number of fused-ring (bicyclic) bond motifs is 1. The molecular weight excluding hydrogens is 252 g/mol. The maximum atomic E-state index is 2.32. The minimum atomic E-state index is 1.16. The lowest BCUT2D eigenvalue weighted by molar-refractivity contribution is 0.924. The highest BCUT2D eigenvalue weighted by Crippen LogP contribution is 2.27. The van der Waals surface area contributed by atoms with Gasteiger partial charge in [-0.1, -0.05) is 61.9 Å². The van der Waals surface area contributed by atoms with Gasteiger partial charge < -0.3 is 0 Å². The Morgan fingerprint density at radius 1 is 0.667 bits per heavy atom. The quantitative estimate of drug-likeness (QED) is 0.543. The number of hydrogen-bond donors (Lipinski definition) is 0. The lowest BCUT2D eigenvalue weighted by Crippen LogP contribution is -1.86. The molecule has 3 rings (SSSR count). The van der Waals surface area contributed by atoms with Gasteiger partial charge in [0.05, 0.1) is 0 Å². The van der Waals surface area contributed by atoms with Crippen LogP contribution in [0, 0.1) is 13.8 Å². The number of aryl methyl sites for hydroxylation is 3. The molecular formula is C21H22. The molecule has 0 aliphatic carbocycles. The molecule has 0 saturated heterocycles. The molecule has 0 N–H and O–H groups in total. The first kappa shape index (κ1) is 13.9. The summed E-state index contributed by atoms with van der Waals surface area (Å²) in [7, 11) is 0. The molecule has 0 radical (unpaired) electrons. The Morgan fingerprint density at radius 3 is 2.10 bits per heavy atom. The maximum absolute atomic E-state index is 2.32. The standard InChI is InChI=1S/C21H22/c1-4-5-17-7-9-20-14-21(11-10-19(20)13-17)18-8-6-15(2)16(3)12-18/h6-14H,4-5H2,1-3H3. The van der Waals surface area contributed by atoms with Gasteiger partial charge in [-0.25, -0.2) is 0 Å². The van der Waals surface area contributed by atoms with Crippen LogP contribution < -0.4 is 0 Å². The van der Waals surface area contributed by atoms with E-state index in [1.165, 1.54) is 45.0 Å². The fourth-order valence-electron chi connectivity index (χ4n) is 2.84. The van der Waals surface area contributed by atoms with E-state index in [9.17, 15) is 0 Å². The summed E-state index contributed by atoms with van der Waals surface area (Å²) in [6.45, 7) is 6.57. The second-order valence-corrected chi connectivity index (χ2v) is 5.95. The summed E-state index contributed by atoms with van der Waals surface area (Å²) in [5.74, 6) is 0. The molecule has 0 aromatic heterocycles. The summed E-state index contributed by atoms with van der Waals surface area (Å²) in [5.41, 5.74) is 6.74. The van der Waals surface area contributed by atoms with E-state index >= 15 is 0 Å². The summed E-state index contributed by atoms with van der Waals surface area (Å²) in [5, 5.41) is 2.67. The molecule has 0 heterocycles. The van der Waals surface area contributed by atoms with Crippen LogP contribution in [0.4, 0.5) is 0 Å². The molecule has 3 aromatic carbocycles. The Hall–Kier alpha value is -2.08. The van der Waals surface area contributed by atoms with Crippen LogP contribution in [0.3, 0.4) is 0 Å². The van der Waals surface area contributed by atoms with Gasteiger partial charge >= 0.3 is 0 Å². The number of rotatable bonds is 3. The lowest BCUT2D eigenvalue weighted by atomic mass is 9.97. The molecule has 3 aromatic rings. The average Bonchev–Trinajstić information content (AvgIpc) is 2.50. The van der Waals surface area contributed by atoms with Crippen LogP contribution in [0.15, 0.2) is 54.6 Å². The molecule has 0 aliphatic rings. The van der Waals surface area contributed by atoms with Crippen molar-refractivity contribution in [2.24, 2.45) is 0 Å². The van der Waals surface area contributed by atoms with Crippen LogP contribution in [-0.4, -0.2) is 0 Å². The highest BCUT2D eigenvalue weighted by atomic mass is 14.1. The molecule has 0 unspecified atom stereocenters. The van der Waals surface area contributed by atoms with Crippen molar-refractivity contribution in [1.82, 2.24) is 0 Å². The zero-order valence-corrected chi connectivity index (χ0v) is 13.1. The molecule has 0 nitrogen and oxygen atoms in total. The molecule has 0 amide bonds. The summed E-state index contributed by atoms with van der Waals surface area (Å²) < 4.78 is 0. The second kappa shape index (κ2) is 5.73. The Bertz CT molecular complexity index is 781. The molecule has 106 valence electrons. The third-order valence-electron chi connectivity index (χ3n) is 4.28. The van der Waals surface area contributed by atoms with Crippen LogP contribution >= 0.6 is 0 Å². The van der Waals surface area contributed by atoms with E-state index in [-0.39, 0.29) is 0 Å². The molecule has 0 atom stereocenters. The van der Waals surface area contributed by atoms with Crippen molar-refractivity contribution < 1.29 is 0 Å². The third kappa shape index (κ3) is 2.85. The minimum Gasteiger partial charge on any atom is -0.0651 e. The highest BCUT2D eigenvalue weighted by molar-refractivity contribution is 5.88. The topological polar surface area (TPSA) is 0 Å². The summed E-state index contributed by atoms with van der Waals surface area (Å²) >= 11 is 0. The fourth-order valence-corrected chi connectivity index (χ4v) is 2.84. The van der Waals surface area contributed by atoms with Gasteiger partial charge in [0.1, 0.15) is 0 Å². The highest BCUT2D eigenvalue weighted by Gasteiger charge is 2.02. The molecule has 0 bridgehead atoms. The van der Waals surface area contributed by atoms with Crippen molar-refractivity contribution in [2.45, 2.75) is 33.6 Å².